The van der Waals surface area contributed by atoms with E-state index in [1.54, 1.807) is 0 Å². The molecule has 0 aliphatic heterocycles. The van der Waals surface area contributed by atoms with Crippen LogP contribution in [0.3, 0.4) is 0 Å². The molecule has 0 heteroatoms. The van der Waals surface area contributed by atoms with Crippen molar-refractivity contribution in [3.05, 3.63) is 0 Å². The fourth-order valence-electron chi connectivity index (χ4n) is 6.07. The van der Waals surface area contributed by atoms with Crippen molar-refractivity contribution >= 4 is 0 Å². The average Bonchev–Trinajstić information content (AvgIpc) is 3.09. The summed E-state index contributed by atoms with van der Waals surface area (Å²) in [6.45, 7) is 18.2. The quantitative estimate of drug-likeness (QED) is 0.0591. The van der Waals surface area contributed by atoms with Gasteiger partial charge in [0.25, 0.3) is 0 Å². The zero-order chi connectivity index (χ0) is 35.6. The zero-order valence-corrected chi connectivity index (χ0v) is 35.6. The van der Waals surface area contributed by atoms with E-state index in [1.807, 2.05) is 0 Å². The molecule has 0 aliphatic rings. The molecule has 0 unspecified atom stereocenters. The Bertz CT molecular complexity index is 374. The van der Waals surface area contributed by atoms with Gasteiger partial charge >= 0.3 is 0 Å². The molecular weight excluding hydrogens is 565 g/mol. The van der Waals surface area contributed by atoms with E-state index in [0.717, 1.165) is 0 Å². The van der Waals surface area contributed by atoms with Crippen molar-refractivity contribution < 1.29 is 0 Å². The van der Waals surface area contributed by atoms with Crippen LogP contribution in [0.1, 0.15) is 306 Å². The highest BCUT2D eigenvalue weighted by Crippen LogP contribution is 2.13. The molecule has 0 nitrogen and oxygen atoms in total. The van der Waals surface area contributed by atoms with Crippen LogP contribution in [0, 0.1) is 0 Å². The summed E-state index contributed by atoms with van der Waals surface area (Å²) in [6, 6.07) is 0. The minimum Gasteiger partial charge on any atom is -0.0654 e. The van der Waals surface area contributed by atoms with Crippen LogP contribution in [-0.4, -0.2) is 0 Å². The van der Waals surface area contributed by atoms with Crippen LogP contribution in [0.25, 0.3) is 0 Å². The predicted molar refractivity (Wildman–Crippen MR) is 225 cm³/mol. The van der Waals surface area contributed by atoms with E-state index in [9.17, 15) is 0 Å². The highest BCUT2D eigenvalue weighted by molar-refractivity contribution is 4.48. The Morgan fingerprint density at radius 1 is 0.106 bits per heavy atom. The highest BCUT2D eigenvalue weighted by atomic mass is 14.0. The second-order valence-corrected chi connectivity index (χ2v) is 15.0. The summed E-state index contributed by atoms with van der Waals surface area (Å²) in [5.74, 6) is 0. The number of hydrogen-bond acceptors (Lipinski definition) is 0. The Morgan fingerprint density at radius 3 is 0.234 bits per heavy atom. The molecule has 0 fully saturated rings. The van der Waals surface area contributed by atoms with Crippen molar-refractivity contribution in [2.75, 3.05) is 0 Å². The molecule has 0 amide bonds. The molecular formula is C47H102. The minimum absolute atomic E-state index is 1.37. The van der Waals surface area contributed by atoms with Gasteiger partial charge in [0, 0.05) is 0 Å². The topological polar surface area (TPSA) is 0 Å². The van der Waals surface area contributed by atoms with Crippen LogP contribution in [0.4, 0.5) is 0 Å². The van der Waals surface area contributed by atoms with Crippen molar-refractivity contribution in [2.24, 2.45) is 0 Å². The van der Waals surface area contributed by atoms with Gasteiger partial charge in [-0.05, 0) is 0 Å². The van der Waals surface area contributed by atoms with E-state index >= 15 is 0 Å². The number of hydrogen-bond donors (Lipinski definition) is 0. The second-order valence-electron chi connectivity index (χ2n) is 15.0. The van der Waals surface area contributed by atoms with E-state index in [-0.39, 0.29) is 0 Å². The van der Waals surface area contributed by atoms with Crippen LogP contribution in [0.15, 0.2) is 0 Å². The molecule has 0 heterocycles. The van der Waals surface area contributed by atoms with Gasteiger partial charge in [0.2, 0.25) is 0 Å². The van der Waals surface area contributed by atoms with E-state index in [0.29, 0.717) is 0 Å². The summed E-state index contributed by atoms with van der Waals surface area (Å²) in [5.41, 5.74) is 0. The third kappa shape index (κ3) is 72.7. The van der Waals surface area contributed by atoms with Gasteiger partial charge in [-0.3, -0.25) is 0 Å². The van der Waals surface area contributed by atoms with Gasteiger partial charge < -0.3 is 0 Å². The first-order valence-electron chi connectivity index (χ1n) is 23.2. The SMILES string of the molecule is CCCCCCCCCC.CCCCCCCCCCC.CCCCCCCCCCCC.CCCCCCCCCCCCCC. The molecule has 0 bridgehead atoms. The molecule has 0 atom stereocenters. The summed E-state index contributed by atoms with van der Waals surface area (Å²) in [4.78, 5) is 0. The molecule has 0 aromatic carbocycles. The third-order valence-electron chi connectivity index (χ3n) is 9.58. The van der Waals surface area contributed by atoms with E-state index in [4.69, 9.17) is 0 Å². The molecule has 0 aliphatic carbocycles. The summed E-state index contributed by atoms with van der Waals surface area (Å²) in [5, 5.41) is 0. The molecule has 0 saturated heterocycles. The molecule has 0 spiro atoms. The predicted octanol–water partition coefficient (Wildman–Crippen LogP) is 19.3. The Hall–Kier alpha value is 0. The first-order valence-corrected chi connectivity index (χ1v) is 23.2. The van der Waals surface area contributed by atoms with Crippen molar-refractivity contribution in [3.63, 3.8) is 0 Å². The van der Waals surface area contributed by atoms with E-state index in [1.165, 1.54) is 250 Å². The smallest absolute Gasteiger partial charge is 0.0533 e. The van der Waals surface area contributed by atoms with Crippen LogP contribution in [0.5, 0.6) is 0 Å². The fourth-order valence-corrected chi connectivity index (χ4v) is 6.07. The highest BCUT2D eigenvalue weighted by Gasteiger charge is 1.93. The maximum Gasteiger partial charge on any atom is -0.0533 e. The van der Waals surface area contributed by atoms with Gasteiger partial charge in [-0.15, -0.1) is 0 Å². The van der Waals surface area contributed by atoms with Gasteiger partial charge in [0.05, 0.1) is 0 Å². The summed E-state index contributed by atoms with van der Waals surface area (Å²) in [7, 11) is 0. The monoisotopic (exact) mass is 667 g/mol. The Balaban J connectivity index is -0.000000264. The second kappa shape index (κ2) is 61.2. The summed E-state index contributed by atoms with van der Waals surface area (Å²) >= 11 is 0. The largest absolute Gasteiger partial charge is 0.0654 e. The molecule has 0 N–H and O–H groups in total. The maximum absolute atomic E-state index is 2.29. The van der Waals surface area contributed by atoms with Crippen molar-refractivity contribution in [3.8, 4) is 0 Å². The normalized spacial score (nSPS) is 10.5. The molecule has 0 rings (SSSR count). The van der Waals surface area contributed by atoms with Crippen molar-refractivity contribution in [2.45, 2.75) is 306 Å². The van der Waals surface area contributed by atoms with Gasteiger partial charge in [0.15, 0.2) is 0 Å². The Morgan fingerprint density at radius 2 is 0.170 bits per heavy atom. The van der Waals surface area contributed by atoms with Crippen molar-refractivity contribution in [1.82, 2.24) is 0 Å². The first kappa shape index (κ1) is 53.8. The molecule has 0 radical (unpaired) electrons. The average molecular weight is 667 g/mol. The zero-order valence-electron chi connectivity index (χ0n) is 35.6. The lowest BCUT2D eigenvalue weighted by Gasteiger charge is -2.01. The van der Waals surface area contributed by atoms with Crippen LogP contribution < -0.4 is 0 Å². The minimum atomic E-state index is 1.37. The van der Waals surface area contributed by atoms with E-state index < -0.39 is 0 Å². The maximum atomic E-state index is 2.29. The van der Waals surface area contributed by atoms with Gasteiger partial charge in [0.1, 0.15) is 0 Å². The molecule has 47 heavy (non-hydrogen) atoms. The molecule has 0 aromatic rings. The third-order valence-corrected chi connectivity index (χ3v) is 9.58. The Labute approximate surface area is 305 Å². The van der Waals surface area contributed by atoms with Gasteiger partial charge in [-0.1, -0.05) is 306 Å². The lowest BCUT2D eigenvalue weighted by molar-refractivity contribution is 0.548. The summed E-state index contributed by atoms with van der Waals surface area (Å²) in [6.07, 6.45) is 56.3. The number of rotatable bonds is 35. The first-order chi connectivity index (χ1) is 23.2. The van der Waals surface area contributed by atoms with E-state index in [2.05, 4.69) is 55.4 Å². The van der Waals surface area contributed by atoms with Crippen LogP contribution in [0.2, 0.25) is 0 Å². The standard InChI is InChI=1S/C14H30.C12H26.C11H24.C10H22/c1-3-5-7-9-11-13-14-12-10-8-6-4-2;1-3-5-7-9-11-12-10-8-6-4-2;1-3-5-7-9-11-10-8-6-4-2;1-3-5-7-9-10-8-6-4-2/h3-14H2,1-2H3;3-12H2,1-2H3;3-11H2,1-2H3;3-10H2,1-2H3. The van der Waals surface area contributed by atoms with Crippen LogP contribution in [-0.2, 0) is 0 Å². The lowest BCUT2D eigenvalue weighted by atomic mass is 10.1. The summed E-state index contributed by atoms with van der Waals surface area (Å²) < 4.78 is 0. The molecule has 0 aromatic heterocycles. The van der Waals surface area contributed by atoms with Crippen molar-refractivity contribution in [1.29, 1.82) is 0 Å². The van der Waals surface area contributed by atoms with Gasteiger partial charge in [-0.2, -0.15) is 0 Å². The number of unbranched alkanes of at least 4 members (excludes halogenated alkanes) is 35. The molecule has 290 valence electrons. The fraction of sp³-hybridized carbons (Fsp3) is 1.00. The Kier molecular flexibility index (Phi) is 70.1. The van der Waals surface area contributed by atoms with Gasteiger partial charge in [-0.25, -0.2) is 0 Å². The lowest BCUT2D eigenvalue weighted by Crippen LogP contribution is -1.81. The van der Waals surface area contributed by atoms with Crippen LogP contribution >= 0.6 is 0 Å². The molecule has 0 saturated carbocycles.